The summed E-state index contributed by atoms with van der Waals surface area (Å²) in [5.41, 5.74) is 0. The van der Waals surface area contributed by atoms with Crippen molar-refractivity contribution >= 4 is 10.0 Å². The third-order valence-electron chi connectivity index (χ3n) is 4.62. The first kappa shape index (κ1) is 17.7. The molecular weight excluding hydrogens is 336 g/mol. The number of sulfonamides is 1. The van der Waals surface area contributed by atoms with E-state index in [1.54, 1.807) is 4.68 Å². The Hall–Kier alpha value is -1.14. The number of aromatic nitrogens is 4. The number of hydrogen-bond donors (Lipinski definition) is 1. The lowest BCUT2D eigenvalue weighted by Gasteiger charge is -2.28. The number of aliphatic hydroxyl groups excluding tert-OH is 1. The Morgan fingerprint density at radius 2 is 2.00 bits per heavy atom. The first-order chi connectivity index (χ1) is 11.5. The molecule has 24 heavy (non-hydrogen) atoms. The van der Waals surface area contributed by atoms with Crippen LogP contribution in [0, 0.1) is 0 Å². The van der Waals surface area contributed by atoms with E-state index in [-0.39, 0.29) is 6.61 Å². The molecule has 136 valence electrons. The van der Waals surface area contributed by atoms with Gasteiger partial charge in [0.25, 0.3) is 0 Å². The van der Waals surface area contributed by atoms with Crippen LogP contribution in [-0.4, -0.2) is 94.7 Å². The molecule has 0 radical (unpaired) electrons. The van der Waals surface area contributed by atoms with Crippen molar-refractivity contribution in [3.05, 3.63) is 5.82 Å². The average molecular weight is 360 g/mol. The molecule has 1 aromatic heterocycles. The number of ether oxygens (including phenoxy) is 1. The molecule has 3 rings (SSSR count). The van der Waals surface area contributed by atoms with Crippen LogP contribution >= 0.6 is 0 Å². The van der Waals surface area contributed by atoms with Crippen LogP contribution in [0.4, 0.5) is 0 Å². The van der Waals surface area contributed by atoms with Crippen LogP contribution in [0.3, 0.4) is 0 Å². The van der Waals surface area contributed by atoms with Crippen molar-refractivity contribution in [1.29, 1.82) is 0 Å². The Balaban J connectivity index is 1.73. The average Bonchev–Trinajstić information content (AvgIpc) is 3.19. The second-order valence-corrected chi connectivity index (χ2v) is 8.12. The van der Waals surface area contributed by atoms with Gasteiger partial charge in [-0.1, -0.05) is 0 Å². The molecule has 2 aliphatic heterocycles. The van der Waals surface area contributed by atoms with Crippen molar-refractivity contribution in [3.8, 4) is 0 Å². The lowest BCUT2D eigenvalue weighted by molar-refractivity contribution is 0.0357. The summed E-state index contributed by atoms with van der Waals surface area (Å²) < 4.78 is 32.6. The highest BCUT2D eigenvalue weighted by Crippen LogP contribution is 2.36. The van der Waals surface area contributed by atoms with Crippen molar-refractivity contribution in [2.24, 2.45) is 0 Å². The summed E-state index contributed by atoms with van der Waals surface area (Å²) in [7, 11) is -3.45. The van der Waals surface area contributed by atoms with Gasteiger partial charge < -0.3 is 9.84 Å². The number of tetrazole rings is 1. The summed E-state index contributed by atoms with van der Waals surface area (Å²) >= 11 is 0. The zero-order valence-electron chi connectivity index (χ0n) is 13.8. The van der Waals surface area contributed by atoms with Gasteiger partial charge in [0, 0.05) is 25.7 Å². The van der Waals surface area contributed by atoms with Gasteiger partial charge in [-0.3, -0.25) is 4.90 Å². The maximum Gasteiger partial charge on any atom is 0.212 e. The van der Waals surface area contributed by atoms with E-state index < -0.39 is 22.1 Å². The number of rotatable bonds is 6. The zero-order chi connectivity index (χ0) is 17.2. The van der Waals surface area contributed by atoms with E-state index in [4.69, 9.17) is 4.74 Å². The van der Waals surface area contributed by atoms with Crippen molar-refractivity contribution in [1.82, 2.24) is 29.4 Å². The van der Waals surface area contributed by atoms with E-state index in [0.29, 0.717) is 25.2 Å². The molecule has 10 nitrogen and oxygen atoms in total. The van der Waals surface area contributed by atoms with Crippen LogP contribution in [0.5, 0.6) is 0 Å². The van der Waals surface area contributed by atoms with Gasteiger partial charge in [0.1, 0.15) is 0 Å². The molecule has 0 unspecified atom stereocenters. The van der Waals surface area contributed by atoms with Gasteiger partial charge in [0.15, 0.2) is 5.82 Å². The van der Waals surface area contributed by atoms with E-state index in [9.17, 15) is 13.5 Å². The van der Waals surface area contributed by atoms with Gasteiger partial charge in [-0.05, 0) is 23.3 Å². The predicted molar refractivity (Wildman–Crippen MR) is 84.6 cm³/mol. The van der Waals surface area contributed by atoms with Crippen molar-refractivity contribution in [2.45, 2.75) is 31.5 Å². The Labute approximate surface area is 141 Å². The van der Waals surface area contributed by atoms with Crippen LogP contribution in [0.25, 0.3) is 0 Å². The van der Waals surface area contributed by atoms with E-state index in [1.165, 1.54) is 4.31 Å². The highest BCUT2D eigenvalue weighted by Gasteiger charge is 2.42. The summed E-state index contributed by atoms with van der Waals surface area (Å²) in [5.74, 6) is 0.546. The Morgan fingerprint density at radius 3 is 2.67 bits per heavy atom. The predicted octanol–water partition coefficient (Wildman–Crippen LogP) is -1.54. The summed E-state index contributed by atoms with van der Waals surface area (Å²) in [4.78, 5) is 2.27. The highest BCUT2D eigenvalue weighted by atomic mass is 32.2. The number of nitrogens with zero attached hydrogens (tertiary/aromatic N) is 6. The standard InChI is InChI=1S/C13H24N6O4S/c1-24(21,22)19-11(10-20)2-3-12(19)13-14-15-16-18(13)5-4-17-6-8-23-9-7-17/h11-12,20H,2-10H2,1H3/t11-,12-/m0/s1. The molecule has 0 spiro atoms. The molecule has 3 heterocycles. The third kappa shape index (κ3) is 3.75. The van der Waals surface area contributed by atoms with Gasteiger partial charge in [0.2, 0.25) is 10.0 Å². The monoisotopic (exact) mass is 360 g/mol. The first-order valence-electron chi connectivity index (χ1n) is 8.16. The van der Waals surface area contributed by atoms with Gasteiger partial charge in [-0.2, -0.15) is 4.31 Å². The maximum absolute atomic E-state index is 12.1. The third-order valence-corrected chi connectivity index (χ3v) is 5.94. The molecule has 11 heteroatoms. The van der Waals surface area contributed by atoms with Gasteiger partial charge >= 0.3 is 0 Å². The van der Waals surface area contributed by atoms with E-state index in [0.717, 1.165) is 39.1 Å². The normalized spacial score (nSPS) is 26.9. The number of hydrogen-bond acceptors (Lipinski definition) is 8. The van der Waals surface area contributed by atoms with Crippen molar-refractivity contribution in [2.75, 3.05) is 45.7 Å². The van der Waals surface area contributed by atoms with Crippen LogP contribution in [0.2, 0.25) is 0 Å². The Kier molecular flexibility index (Phi) is 5.45. The summed E-state index contributed by atoms with van der Waals surface area (Å²) in [6.45, 7) is 4.40. The minimum Gasteiger partial charge on any atom is -0.395 e. The van der Waals surface area contributed by atoms with Crippen LogP contribution in [0.15, 0.2) is 0 Å². The SMILES string of the molecule is CS(=O)(=O)N1[C@H](CO)CC[C@H]1c1nnnn1CCN1CCOCC1. The quantitative estimate of drug-likeness (QED) is 0.649. The van der Waals surface area contributed by atoms with Crippen LogP contribution < -0.4 is 0 Å². The van der Waals surface area contributed by atoms with Crippen LogP contribution in [0.1, 0.15) is 24.7 Å². The second kappa shape index (κ2) is 7.40. The fourth-order valence-corrected chi connectivity index (χ4v) is 4.82. The minimum atomic E-state index is -3.45. The molecule has 0 bridgehead atoms. The topological polar surface area (TPSA) is 114 Å². The molecule has 0 saturated carbocycles. The fourth-order valence-electron chi connectivity index (χ4n) is 3.45. The molecular formula is C13H24N6O4S. The summed E-state index contributed by atoms with van der Waals surface area (Å²) in [5, 5.41) is 21.3. The van der Waals surface area contributed by atoms with Gasteiger partial charge in [0.05, 0.1) is 38.7 Å². The number of morpholine rings is 1. The second-order valence-electron chi connectivity index (χ2n) is 6.24. The number of aliphatic hydroxyl groups is 1. The fraction of sp³-hybridized carbons (Fsp3) is 0.923. The van der Waals surface area contributed by atoms with Gasteiger partial charge in [-0.25, -0.2) is 13.1 Å². The summed E-state index contributed by atoms with van der Waals surface area (Å²) in [6.07, 6.45) is 2.37. The Morgan fingerprint density at radius 1 is 1.25 bits per heavy atom. The molecule has 0 aromatic carbocycles. The lowest BCUT2D eigenvalue weighted by atomic mass is 10.2. The van der Waals surface area contributed by atoms with Crippen molar-refractivity contribution in [3.63, 3.8) is 0 Å². The maximum atomic E-state index is 12.1. The molecule has 0 amide bonds. The molecule has 0 aliphatic carbocycles. The summed E-state index contributed by atoms with van der Waals surface area (Å²) in [6, 6.07) is -0.828. The molecule has 1 N–H and O–H groups in total. The lowest BCUT2D eigenvalue weighted by Crippen LogP contribution is -2.40. The molecule has 1 aromatic rings. The highest BCUT2D eigenvalue weighted by molar-refractivity contribution is 7.88. The van der Waals surface area contributed by atoms with E-state index >= 15 is 0 Å². The molecule has 2 saturated heterocycles. The molecule has 2 aliphatic rings. The zero-order valence-corrected chi connectivity index (χ0v) is 14.6. The van der Waals surface area contributed by atoms with E-state index in [2.05, 4.69) is 20.4 Å². The van der Waals surface area contributed by atoms with Gasteiger partial charge in [-0.15, -0.1) is 5.10 Å². The minimum absolute atomic E-state index is 0.196. The molecule has 2 atom stereocenters. The van der Waals surface area contributed by atoms with Crippen molar-refractivity contribution < 1.29 is 18.3 Å². The molecule has 2 fully saturated rings. The van der Waals surface area contributed by atoms with Crippen LogP contribution in [-0.2, 0) is 21.3 Å². The first-order valence-corrected chi connectivity index (χ1v) is 10.0. The van der Waals surface area contributed by atoms with E-state index in [1.807, 2.05) is 0 Å². The largest absolute Gasteiger partial charge is 0.395 e. The smallest absolute Gasteiger partial charge is 0.212 e. The Bertz CT molecular complexity index is 645.